The number of hydrogen-bond acceptors (Lipinski definition) is 2. The minimum atomic E-state index is -1.60. The molecule has 0 atom stereocenters. The average Bonchev–Trinajstić information content (AvgIpc) is 3.21. The lowest BCUT2D eigenvalue weighted by molar-refractivity contribution is 0.411. The Morgan fingerprint density at radius 2 is 1.52 bits per heavy atom. The molecule has 2 heteroatoms. The highest BCUT2D eigenvalue weighted by Gasteiger charge is 2.13. The second-order valence-electron chi connectivity index (χ2n) is 8.82. The normalized spacial score (nSPS) is 14.8. The zero-order valence-electron chi connectivity index (χ0n) is 21.9. The van der Waals surface area contributed by atoms with Gasteiger partial charge in [0.15, 0.2) is 0 Å². The number of aromatic nitrogens is 1. The zero-order valence-corrected chi connectivity index (χ0v) is 18.8. The monoisotopic (exact) mass is 425 g/mol. The van der Waals surface area contributed by atoms with Gasteiger partial charge in [-0.15, -0.1) is 11.3 Å². The van der Waals surface area contributed by atoms with Gasteiger partial charge in [-0.3, -0.25) is 4.98 Å². The first-order valence-electron chi connectivity index (χ1n) is 12.5. The van der Waals surface area contributed by atoms with Crippen molar-refractivity contribution in [2.24, 2.45) is 5.41 Å². The van der Waals surface area contributed by atoms with Crippen molar-refractivity contribution in [1.82, 2.24) is 4.98 Å². The molecular weight excluding hydrogens is 394 g/mol. The van der Waals surface area contributed by atoms with Crippen molar-refractivity contribution in [3.05, 3.63) is 102 Å². The Hall–Kier alpha value is -2.97. The van der Waals surface area contributed by atoms with Crippen LogP contribution in [0.25, 0.3) is 31.4 Å². The third kappa shape index (κ3) is 4.40. The van der Waals surface area contributed by atoms with Gasteiger partial charge in [0.1, 0.15) is 0 Å². The van der Waals surface area contributed by atoms with E-state index < -0.39 is 18.2 Å². The van der Waals surface area contributed by atoms with Gasteiger partial charge in [-0.25, -0.2) is 0 Å². The first kappa shape index (κ1) is 15.8. The number of rotatable bonds is 4. The number of benzene rings is 3. The van der Waals surface area contributed by atoms with Crippen molar-refractivity contribution >= 4 is 31.5 Å². The maximum absolute atomic E-state index is 8.78. The zero-order chi connectivity index (χ0) is 25.0. The maximum Gasteiger partial charge on any atom is 0.0704 e. The third-order valence-electron chi connectivity index (χ3n) is 5.11. The summed E-state index contributed by atoms with van der Waals surface area (Å²) in [6.07, 6.45) is -1.42. The molecule has 0 bridgehead atoms. The predicted octanol–water partition coefficient (Wildman–Crippen LogP) is 8.30. The third-order valence-corrected chi connectivity index (χ3v) is 6.26. The van der Waals surface area contributed by atoms with Gasteiger partial charge in [0.05, 0.1) is 5.69 Å². The van der Waals surface area contributed by atoms with Crippen molar-refractivity contribution in [3.63, 3.8) is 0 Å². The SMILES string of the molecule is [2H]C([2H])(c1ccccc1)c1ccc2sc3ccc(-c4cc(C([2H])([2H])C(C)(C)C)ccn4)cc3c2c1. The van der Waals surface area contributed by atoms with E-state index in [-0.39, 0.29) is 0 Å². The van der Waals surface area contributed by atoms with Crippen LogP contribution in [0.3, 0.4) is 0 Å². The lowest BCUT2D eigenvalue weighted by Crippen LogP contribution is -2.09. The summed E-state index contributed by atoms with van der Waals surface area (Å²) in [5.41, 5.74) is 2.97. The molecule has 154 valence electrons. The lowest BCUT2D eigenvalue weighted by atomic mass is 9.88. The maximum atomic E-state index is 8.78. The molecular formula is C29H27NS. The van der Waals surface area contributed by atoms with Crippen LogP contribution in [0.1, 0.15) is 42.9 Å². The minimum absolute atomic E-state index is 0.548. The molecule has 0 radical (unpaired) electrons. The van der Waals surface area contributed by atoms with Crippen LogP contribution < -0.4 is 0 Å². The smallest absolute Gasteiger partial charge is 0.0704 e. The Morgan fingerprint density at radius 3 is 2.29 bits per heavy atom. The Bertz CT molecular complexity index is 1530. The first-order valence-corrected chi connectivity index (χ1v) is 11.3. The Labute approximate surface area is 194 Å². The standard InChI is InChI=1S/C29H27NS/c1-29(2,3)19-22-13-14-30-26(17-22)23-10-12-28-25(18-23)24-16-21(9-11-27(24)31-28)15-20-7-5-4-6-8-20/h4-14,16-18H,15,19H2,1-3H3/i15D2,19D2. The summed E-state index contributed by atoms with van der Waals surface area (Å²) in [4.78, 5) is 4.55. The van der Waals surface area contributed by atoms with Crippen molar-refractivity contribution in [2.45, 2.75) is 33.5 Å². The predicted molar refractivity (Wildman–Crippen MR) is 135 cm³/mol. The Morgan fingerprint density at radius 1 is 0.774 bits per heavy atom. The van der Waals surface area contributed by atoms with E-state index in [9.17, 15) is 0 Å². The number of nitrogens with zero attached hydrogens (tertiary/aromatic N) is 1. The first-order chi connectivity index (χ1) is 16.5. The molecule has 0 aliphatic carbocycles. The molecule has 3 aromatic carbocycles. The van der Waals surface area contributed by atoms with Gasteiger partial charge in [-0.05, 0) is 71.2 Å². The van der Waals surface area contributed by atoms with E-state index in [1.807, 2.05) is 81.4 Å². The molecule has 31 heavy (non-hydrogen) atoms. The van der Waals surface area contributed by atoms with E-state index in [2.05, 4.69) is 17.1 Å². The lowest BCUT2D eigenvalue weighted by Gasteiger charge is -2.18. The van der Waals surface area contributed by atoms with Crippen LogP contribution in [0.2, 0.25) is 0 Å². The average molecular weight is 426 g/mol. The van der Waals surface area contributed by atoms with Crippen LogP contribution in [0.4, 0.5) is 0 Å². The van der Waals surface area contributed by atoms with Gasteiger partial charge in [0, 0.05) is 37.4 Å². The van der Waals surface area contributed by atoms with E-state index in [0.717, 1.165) is 31.4 Å². The van der Waals surface area contributed by atoms with Crippen molar-refractivity contribution in [2.75, 3.05) is 0 Å². The highest BCUT2D eigenvalue weighted by Crippen LogP contribution is 2.37. The fourth-order valence-corrected chi connectivity index (χ4v) is 4.87. The topological polar surface area (TPSA) is 12.9 Å². The molecule has 1 nitrogen and oxygen atoms in total. The second kappa shape index (κ2) is 7.94. The summed E-state index contributed by atoms with van der Waals surface area (Å²) in [5, 5.41) is 2.07. The van der Waals surface area contributed by atoms with E-state index in [1.165, 1.54) is 0 Å². The molecule has 5 aromatic rings. The van der Waals surface area contributed by atoms with Crippen molar-refractivity contribution in [3.8, 4) is 11.3 Å². The highest BCUT2D eigenvalue weighted by molar-refractivity contribution is 7.25. The van der Waals surface area contributed by atoms with Crippen molar-refractivity contribution < 1.29 is 5.48 Å². The summed E-state index contributed by atoms with van der Waals surface area (Å²) in [5.74, 6) is 0. The van der Waals surface area contributed by atoms with Gasteiger partial charge >= 0.3 is 0 Å². The van der Waals surface area contributed by atoms with Gasteiger partial charge in [0.2, 0.25) is 0 Å². The highest BCUT2D eigenvalue weighted by atomic mass is 32.1. The van der Waals surface area contributed by atoms with Crippen LogP contribution >= 0.6 is 11.3 Å². The molecule has 0 N–H and O–H groups in total. The number of pyridine rings is 1. The van der Waals surface area contributed by atoms with Gasteiger partial charge < -0.3 is 0 Å². The fraction of sp³-hybridized carbons (Fsp3) is 0.207. The minimum Gasteiger partial charge on any atom is -0.256 e. The molecule has 0 aliphatic rings. The Kier molecular flexibility index (Phi) is 4.04. The van der Waals surface area contributed by atoms with Gasteiger partial charge in [0.25, 0.3) is 0 Å². The van der Waals surface area contributed by atoms with Crippen LogP contribution in [-0.2, 0) is 12.7 Å². The van der Waals surface area contributed by atoms with E-state index in [4.69, 9.17) is 5.48 Å². The molecule has 0 amide bonds. The number of hydrogen-bond donors (Lipinski definition) is 0. The molecule has 5 rings (SSSR count). The second-order valence-corrected chi connectivity index (χ2v) is 9.90. The number of thiophene rings is 1. The van der Waals surface area contributed by atoms with Crippen LogP contribution in [-0.4, -0.2) is 4.98 Å². The summed E-state index contributed by atoms with van der Waals surface area (Å²) < 4.78 is 37.1. The molecule has 2 heterocycles. The molecule has 0 aliphatic heterocycles. The van der Waals surface area contributed by atoms with Crippen LogP contribution in [0.5, 0.6) is 0 Å². The molecule has 0 saturated heterocycles. The van der Waals surface area contributed by atoms with Gasteiger partial charge in [-0.1, -0.05) is 63.2 Å². The molecule has 2 aromatic heterocycles. The molecule has 0 fully saturated rings. The fourth-order valence-electron chi connectivity index (χ4n) is 3.80. The summed E-state index contributed by atoms with van der Waals surface area (Å²) >= 11 is 1.69. The molecule has 0 saturated carbocycles. The summed E-state index contributed by atoms with van der Waals surface area (Å²) in [7, 11) is 0. The number of fused-ring (bicyclic) bond motifs is 3. The van der Waals surface area contributed by atoms with Crippen LogP contribution in [0, 0.1) is 5.41 Å². The van der Waals surface area contributed by atoms with Crippen molar-refractivity contribution in [1.29, 1.82) is 0 Å². The quantitative estimate of drug-likeness (QED) is 0.282. The largest absolute Gasteiger partial charge is 0.256 e. The van der Waals surface area contributed by atoms with Crippen LogP contribution in [0.15, 0.2) is 85.1 Å². The van der Waals surface area contributed by atoms with E-state index in [0.29, 0.717) is 16.7 Å². The van der Waals surface area contributed by atoms with E-state index >= 15 is 0 Å². The summed E-state index contributed by atoms with van der Waals surface area (Å²) in [6, 6.07) is 24.9. The van der Waals surface area contributed by atoms with E-state index in [1.54, 1.807) is 23.6 Å². The van der Waals surface area contributed by atoms with Gasteiger partial charge in [-0.2, -0.15) is 0 Å². The molecule has 0 unspecified atom stereocenters. The summed E-state index contributed by atoms with van der Waals surface area (Å²) in [6.45, 7) is 5.72. The molecule has 0 spiro atoms. The Balaban J connectivity index is 1.62.